The average Bonchev–Trinajstić information content (AvgIpc) is 3.24. The Morgan fingerprint density at radius 1 is 1.07 bits per heavy atom. The molecule has 8 heteroatoms. The van der Waals surface area contributed by atoms with Crippen LogP contribution in [0.15, 0.2) is 59.5 Å². The zero-order valence-electron chi connectivity index (χ0n) is 17.1. The lowest BCUT2D eigenvalue weighted by Crippen LogP contribution is -2.53. The summed E-state index contributed by atoms with van der Waals surface area (Å²) in [6.07, 6.45) is 2.63. The molecule has 1 saturated carbocycles. The molecule has 1 fully saturated rings. The summed E-state index contributed by atoms with van der Waals surface area (Å²) in [5.41, 5.74) is -0.332. The lowest BCUT2D eigenvalue weighted by Gasteiger charge is -2.27. The Kier molecular flexibility index (Phi) is 6.45. The third kappa shape index (κ3) is 4.18. The number of carbonyl (C=O) groups excluding carboxylic acids is 2. The number of hydrogen-bond acceptors (Lipinski definition) is 5. The fourth-order valence-electron chi connectivity index (χ4n) is 3.85. The highest BCUT2D eigenvalue weighted by molar-refractivity contribution is 7.92. The lowest BCUT2D eigenvalue weighted by atomic mass is 9.97. The molecule has 3 rings (SSSR count). The molecular formula is C22H26N2O5S. The van der Waals surface area contributed by atoms with Crippen molar-refractivity contribution < 1.29 is 22.7 Å². The van der Waals surface area contributed by atoms with E-state index in [4.69, 9.17) is 4.74 Å². The van der Waals surface area contributed by atoms with Gasteiger partial charge in [0.05, 0.1) is 17.7 Å². The van der Waals surface area contributed by atoms with Crippen molar-refractivity contribution >= 4 is 27.6 Å². The van der Waals surface area contributed by atoms with Crippen molar-refractivity contribution in [3.05, 3.63) is 60.2 Å². The quantitative estimate of drug-likeness (QED) is 0.682. The Morgan fingerprint density at radius 2 is 1.73 bits per heavy atom. The fourth-order valence-corrected chi connectivity index (χ4v) is 5.37. The van der Waals surface area contributed by atoms with Crippen LogP contribution in [0, 0.1) is 0 Å². The van der Waals surface area contributed by atoms with E-state index in [0.717, 1.165) is 12.8 Å². The van der Waals surface area contributed by atoms with Crippen molar-refractivity contribution in [3.8, 4) is 0 Å². The summed E-state index contributed by atoms with van der Waals surface area (Å²) >= 11 is 0. The summed E-state index contributed by atoms with van der Waals surface area (Å²) in [5, 5.41) is 2.79. The van der Waals surface area contributed by atoms with Gasteiger partial charge in [-0.15, -0.1) is 0 Å². The van der Waals surface area contributed by atoms with Crippen molar-refractivity contribution in [2.75, 3.05) is 18.0 Å². The molecule has 0 aromatic heterocycles. The molecule has 1 aliphatic carbocycles. The summed E-state index contributed by atoms with van der Waals surface area (Å²) in [6, 6.07) is 14.7. The maximum atomic E-state index is 13.2. The summed E-state index contributed by atoms with van der Waals surface area (Å²) in [5.74, 6) is -0.972. The first-order valence-electron chi connectivity index (χ1n) is 9.93. The second-order valence-electron chi connectivity index (χ2n) is 7.27. The van der Waals surface area contributed by atoms with Crippen LogP contribution in [-0.4, -0.2) is 39.5 Å². The van der Waals surface area contributed by atoms with E-state index < -0.39 is 27.4 Å². The van der Waals surface area contributed by atoms with Crippen LogP contribution in [0.25, 0.3) is 0 Å². The number of benzene rings is 2. The summed E-state index contributed by atoms with van der Waals surface area (Å²) in [7, 11) is -2.57. The Bertz CT molecular complexity index is 1010. The second-order valence-corrected chi connectivity index (χ2v) is 9.13. The van der Waals surface area contributed by atoms with E-state index in [2.05, 4.69) is 5.32 Å². The Labute approximate surface area is 177 Å². The zero-order chi connectivity index (χ0) is 21.8. The number of methoxy groups -OCH3 is 1. The monoisotopic (exact) mass is 430 g/mol. The third-order valence-electron chi connectivity index (χ3n) is 5.40. The van der Waals surface area contributed by atoms with Crippen molar-refractivity contribution in [2.24, 2.45) is 0 Å². The number of esters is 1. The van der Waals surface area contributed by atoms with Crippen LogP contribution in [0.4, 0.5) is 5.69 Å². The minimum absolute atomic E-state index is 0.0133. The number of nitrogens with zero attached hydrogens (tertiary/aromatic N) is 1. The molecule has 2 aromatic rings. The number of hydrogen-bond donors (Lipinski definition) is 1. The molecule has 2 aromatic carbocycles. The largest absolute Gasteiger partial charge is 0.467 e. The number of sulfonamides is 1. The van der Waals surface area contributed by atoms with E-state index in [1.54, 1.807) is 31.2 Å². The minimum Gasteiger partial charge on any atom is -0.467 e. The molecule has 0 spiro atoms. The van der Waals surface area contributed by atoms with Gasteiger partial charge in [-0.2, -0.15) is 0 Å². The minimum atomic E-state index is -3.86. The van der Waals surface area contributed by atoms with E-state index in [9.17, 15) is 18.0 Å². The van der Waals surface area contributed by atoms with Crippen LogP contribution < -0.4 is 9.62 Å². The predicted octanol–water partition coefficient (Wildman–Crippen LogP) is 3.12. The number of nitrogens with one attached hydrogen (secondary N) is 1. The molecule has 30 heavy (non-hydrogen) atoms. The van der Waals surface area contributed by atoms with Crippen LogP contribution in [-0.2, 0) is 19.6 Å². The standard InChI is InChI=1S/C22H26N2O5S/c1-3-24(18-11-5-4-6-12-18)30(27,28)19-13-9-10-17(16-19)20(25)23-22(21(26)29-2)14-7-8-15-22/h4-6,9-13,16H,3,7-8,14-15H2,1-2H3,(H,23,25). The van der Waals surface area contributed by atoms with Gasteiger partial charge in [0, 0.05) is 12.1 Å². The SMILES string of the molecule is CCN(c1ccccc1)S(=O)(=O)c1cccc(C(=O)NC2(C(=O)OC)CCCC2)c1. The first-order chi connectivity index (χ1) is 14.3. The lowest BCUT2D eigenvalue weighted by molar-refractivity contribution is -0.148. The molecule has 0 radical (unpaired) electrons. The summed E-state index contributed by atoms with van der Waals surface area (Å²) < 4.78 is 32.6. The first-order valence-corrected chi connectivity index (χ1v) is 11.4. The van der Waals surface area contributed by atoms with Gasteiger partial charge >= 0.3 is 5.97 Å². The molecular weight excluding hydrogens is 404 g/mol. The Hall–Kier alpha value is -2.87. The molecule has 0 bridgehead atoms. The highest BCUT2D eigenvalue weighted by Crippen LogP contribution is 2.31. The highest BCUT2D eigenvalue weighted by atomic mass is 32.2. The van der Waals surface area contributed by atoms with E-state index >= 15 is 0 Å². The van der Waals surface area contributed by atoms with Gasteiger partial charge in [-0.1, -0.05) is 37.1 Å². The number of amides is 1. The van der Waals surface area contributed by atoms with Crippen molar-refractivity contribution in [2.45, 2.75) is 43.0 Å². The van der Waals surface area contributed by atoms with Crippen molar-refractivity contribution in [1.29, 1.82) is 0 Å². The van der Waals surface area contributed by atoms with Gasteiger partial charge in [0.15, 0.2) is 0 Å². The normalized spacial score (nSPS) is 15.4. The van der Waals surface area contributed by atoms with Crippen LogP contribution in [0.5, 0.6) is 0 Å². The molecule has 160 valence electrons. The van der Waals surface area contributed by atoms with Crippen LogP contribution >= 0.6 is 0 Å². The van der Waals surface area contributed by atoms with Gasteiger partial charge < -0.3 is 10.1 Å². The van der Waals surface area contributed by atoms with Crippen molar-refractivity contribution in [1.82, 2.24) is 5.32 Å². The van der Waals surface area contributed by atoms with Gasteiger partial charge in [-0.25, -0.2) is 13.2 Å². The molecule has 0 unspecified atom stereocenters. The van der Waals surface area contributed by atoms with E-state index in [1.165, 1.54) is 35.7 Å². The summed E-state index contributed by atoms with van der Waals surface area (Å²) in [4.78, 5) is 25.2. The average molecular weight is 431 g/mol. The third-order valence-corrected chi connectivity index (χ3v) is 7.30. The van der Waals surface area contributed by atoms with Crippen LogP contribution in [0.2, 0.25) is 0 Å². The number of ether oxygens (including phenoxy) is 1. The maximum absolute atomic E-state index is 13.2. The van der Waals surface area contributed by atoms with Gasteiger partial charge in [0.2, 0.25) is 0 Å². The zero-order valence-corrected chi connectivity index (χ0v) is 17.9. The fraction of sp³-hybridized carbons (Fsp3) is 0.364. The Balaban J connectivity index is 1.90. The highest BCUT2D eigenvalue weighted by Gasteiger charge is 2.43. The van der Waals surface area contributed by atoms with E-state index in [-0.39, 0.29) is 17.0 Å². The van der Waals surface area contributed by atoms with Crippen LogP contribution in [0.3, 0.4) is 0 Å². The molecule has 1 aliphatic rings. The van der Waals surface area contributed by atoms with Gasteiger partial charge in [-0.05, 0) is 50.1 Å². The number of rotatable bonds is 7. The van der Waals surface area contributed by atoms with Gasteiger partial charge in [0.25, 0.3) is 15.9 Å². The number of carbonyl (C=O) groups is 2. The Morgan fingerprint density at radius 3 is 2.33 bits per heavy atom. The molecule has 0 atom stereocenters. The molecule has 0 aliphatic heterocycles. The second kappa shape index (κ2) is 8.87. The van der Waals surface area contributed by atoms with Crippen LogP contribution in [0.1, 0.15) is 43.0 Å². The maximum Gasteiger partial charge on any atom is 0.331 e. The van der Waals surface area contributed by atoms with Gasteiger partial charge in [0.1, 0.15) is 5.54 Å². The van der Waals surface area contributed by atoms with E-state index in [0.29, 0.717) is 18.5 Å². The molecule has 1 N–H and O–H groups in total. The molecule has 1 amide bonds. The topological polar surface area (TPSA) is 92.8 Å². The smallest absolute Gasteiger partial charge is 0.331 e. The number of anilines is 1. The van der Waals surface area contributed by atoms with Crippen molar-refractivity contribution in [3.63, 3.8) is 0 Å². The molecule has 0 saturated heterocycles. The predicted molar refractivity (Wildman–Crippen MR) is 114 cm³/mol. The number of para-hydroxylation sites is 1. The molecule has 0 heterocycles. The summed E-state index contributed by atoms with van der Waals surface area (Å²) in [6.45, 7) is 2.00. The molecule has 7 nitrogen and oxygen atoms in total. The van der Waals surface area contributed by atoms with E-state index in [1.807, 2.05) is 6.07 Å². The first kappa shape index (κ1) is 21.8. The van der Waals surface area contributed by atoms with Gasteiger partial charge in [-0.3, -0.25) is 9.10 Å².